The lowest BCUT2D eigenvalue weighted by atomic mass is 9.87. The molecule has 0 saturated heterocycles. The summed E-state index contributed by atoms with van der Waals surface area (Å²) in [6.07, 6.45) is 2.22. The summed E-state index contributed by atoms with van der Waals surface area (Å²) >= 11 is 1.80. The Balaban J connectivity index is 2.19. The number of hydrogen-bond donors (Lipinski definition) is 1. The van der Waals surface area contributed by atoms with E-state index < -0.39 is 0 Å². The molecule has 0 bridgehead atoms. The molecule has 1 atom stereocenters. The van der Waals surface area contributed by atoms with Crippen LogP contribution in [0.1, 0.15) is 45.2 Å². The van der Waals surface area contributed by atoms with Gasteiger partial charge in [0.2, 0.25) is 0 Å². The fourth-order valence-electron chi connectivity index (χ4n) is 2.05. The zero-order valence-corrected chi connectivity index (χ0v) is 11.7. The van der Waals surface area contributed by atoms with E-state index in [9.17, 15) is 0 Å². The number of benzene rings is 1. The molecular formula is C15H21NS. The van der Waals surface area contributed by atoms with E-state index >= 15 is 0 Å². The molecule has 0 aliphatic carbocycles. The molecule has 0 radical (unpaired) electrons. The van der Waals surface area contributed by atoms with E-state index in [0.29, 0.717) is 5.41 Å². The van der Waals surface area contributed by atoms with Crippen molar-refractivity contribution in [1.82, 2.24) is 0 Å². The van der Waals surface area contributed by atoms with Crippen LogP contribution in [0.15, 0.2) is 29.6 Å². The van der Waals surface area contributed by atoms with Crippen molar-refractivity contribution in [2.75, 3.05) is 0 Å². The predicted octanol–water partition coefficient (Wildman–Crippen LogP) is 4.73. The van der Waals surface area contributed by atoms with Gasteiger partial charge in [-0.05, 0) is 40.7 Å². The molecule has 1 nitrogen and oxygen atoms in total. The Kier molecular flexibility index (Phi) is 3.55. The average Bonchev–Trinajstić information content (AvgIpc) is 2.72. The Bertz CT molecular complexity index is 493. The van der Waals surface area contributed by atoms with Gasteiger partial charge in [-0.3, -0.25) is 0 Å². The number of thiophene rings is 1. The molecule has 0 saturated carbocycles. The Morgan fingerprint density at radius 3 is 2.71 bits per heavy atom. The Labute approximate surface area is 108 Å². The van der Waals surface area contributed by atoms with Crippen LogP contribution in [-0.4, -0.2) is 0 Å². The Morgan fingerprint density at radius 1 is 1.24 bits per heavy atom. The van der Waals surface area contributed by atoms with E-state index in [-0.39, 0.29) is 6.04 Å². The molecule has 1 aromatic carbocycles. The van der Waals surface area contributed by atoms with Crippen LogP contribution in [0, 0.1) is 5.41 Å². The first kappa shape index (κ1) is 12.6. The van der Waals surface area contributed by atoms with Gasteiger partial charge in [0, 0.05) is 10.7 Å². The van der Waals surface area contributed by atoms with E-state index in [0.717, 1.165) is 12.8 Å². The molecule has 1 unspecified atom stereocenters. The smallest absolute Gasteiger partial charge is 0.0390 e. The van der Waals surface area contributed by atoms with Crippen molar-refractivity contribution in [3.8, 4) is 0 Å². The highest BCUT2D eigenvalue weighted by atomic mass is 32.1. The lowest BCUT2D eigenvalue weighted by Crippen LogP contribution is -2.14. The summed E-state index contributed by atoms with van der Waals surface area (Å²) in [6, 6.07) is 8.77. The summed E-state index contributed by atoms with van der Waals surface area (Å²) in [5.41, 5.74) is 8.00. The van der Waals surface area contributed by atoms with E-state index in [4.69, 9.17) is 5.73 Å². The Morgan fingerprint density at radius 2 is 2.00 bits per heavy atom. The predicted molar refractivity (Wildman–Crippen MR) is 77.4 cm³/mol. The molecule has 17 heavy (non-hydrogen) atoms. The monoisotopic (exact) mass is 247 g/mol. The number of nitrogens with two attached hydrogens (primary N) is 1. The second-order valence-electron chi connectivity index (χ2n) is 5.89. The normalized spacial score (nSPS) is 14.1. The highest BCUT2D eigenvalue weighted by Gasteiger charge is 2.15. The van der Waals surface area contributed by atoms with Gasteiger partial charge in [-0.2, -0.15) is 0 Å². The summed E-state index contributed by atoms with van der Waals surface area (Å²) in [7, 11) is 0. The minimum absolute atomic E-state index is 0.163. The van der Waals surface area contributed by atoms with Crippen molar-refractivity contribution in [3.63, 3.8) is 0 Å². The van der Waals surface area contributed by atoms with Crippen LogP contribution >= 0.6 is 11.3 Å². The minimum atomic E-state index is 0.163. The van der Waals surface area contributed by atoms with Gasteiger partial charge in [0.1, 0.15) is 0 Å². The van der Waals surface area contributed by atoms with Gasteiger partial charge in [-0.25, -0.2) is 0 Å². The first-order valence-corrected chi connectivity index (χ1v) is 7.07. The van der Waals surface area contributed by atoms with Crippen molar-refractivity contribution in [1.29, 1.82) is 0 Å². The number of rotatable bonds is 3. The van der Waals surface area contributed by atoms with Crippen molar-refractivity contribution in [3.05, 3.63) is 35.2 Å². The molecule has 2 rings (SSSR count). The summed E-state index contributed by atoms with van der Waals surface area (Å²) < 4.78 is 1.36. The van der Waals surface area contributed by atoms with E-state index in [1.165, 1.54) is 15.6 Å². The molecule has 92 valence electrons. The Hall–Kier alpha value is -0.860. The van der Waals surface area contributed by atoms with Gasteiger partial charge < -0.3 is 5.73 Å². The van der Waals surface area contributed by atoms with Crippen molar-refractivity contribution < 1.29 is 0 Å². The minimum Gasteiger partial charge on any atom is -0.324 e. The molecule has 1 aromatic heterocycles. The number of fused-ring (bicyclic) bond motifs is 1. The summed E-state index contributed by atoms with van der Waals surface area (Å²) in [5.74, 6) is 0. The molecule has 0 amide bonds. The van der Waals surface area contributed by atoms with Crippen LogP contribution in [0.2, 0.25) is 0 Å². The lowest BCUT2D eigenvalue weighted by Gasteiger charge is -2.21. The fraction of sp³-hybridized carbons (Fsp3) is 0.467. The van der Waals surface area contributed by atoms with E-state index in [1.54, 1.807) is 11.3 Å². The van der Waals surface area contributed by atoms with Gasteiger partial charge in [0.05, 0.1) is 0 Å². The number of hydrogen-bond acceptors (Lipinski definition) is 2. The second kappa shape index (κ2) is 4.79. The van der Waals surface area contributed by atoms with Gasteiger partial charge >= 0.3 is 0 Å². The van der Waals surface area contributed by atoms with Gasteiger partial charge in [-0.1, -0.05) is 39.0 Å². The van der Waals surface area contributed by atoms with E-state index in [1.807, 2.05) is 0 Å². The molecule has 0 aliphatic rings. The topological polar surface area (TPSA) is 26.0 Å². The fourth-order valence-corrected chi connectivity index (χ4v) is 3.03. The largest absolute Gasteiger partial charge is 0.324 e. The molecule has 2 heteroatoms. The van der Waals surface area contributed by atoms with Crippen molar-refractivity contribution in [2.24, 2.45) is 11.1 Å². The van der Waals surface area contributed by atoms with Crippen LogP contribution in [0.25, 0.3) is 10.1 Å². The maximum atomic E-state index is 6.33. The third-order valence-electron chi connectivity index (χ3n) is 3.11. The van der Waals surface area contributed by atoms with E-state index in [2.05, 4.69) is 50.4 Å². The zero-order chi connectivity index (χ0) is 12.5. The summed E-state index contributed by atoms with van der Waals surface area (Å²) in [6.45, 7) is 6.81. The van der Waals surface area contributed by atoms with Gasteiger partial charge in [0.25, 0.3) is 0 Å². The van der Waals surface area contributed by atoms with Gasteiger partial charge in [0.15, 0.2) is 0 Å². The quantitative estimate of drug-likeness (QED) is 0.834. The maximum absolute atomic E-state index is 6.33. The SMILES string of the molecule is CC(C)(C)CCC(N)c1cccc2ccsc12. The molecule has 0 spiro atoms. The third kappa shape index (κ3) is 3.08. The summed E-state index contributed by atoms with van der Waals surface area (Å²) in [4.78, 5) is 0. The van der Waals surface area contributed by atoms with Crippen LogP contribution < -0.4 is 5.73 Å². The molecule has 0 fully saturated rings. The van der Waals surface area contributed by atoms with Crippen molar-refractivity contribution >= 4 is 21.4 Å². The van der Waals surface area contributed by atoms with Crippen molar-refractivity contribution in [2.45, 2.75) is 39.7 Å². The zero-order valence-electron chi connectivity index (χ0n) is 10.9. The molecule has 0 aliphatic heterocycles. The maximum Gasteiger partial charge on any atom is 0.0390 e. The van der Waals surface area contributed by atoms with Crippen LogP contribution in [-0.2, 0) is 0 Å². The van der Waals surface area contributed by atoms with Gasteiger partial charge in [-0.15, -0.1) is 11.3 Å². The molecule has 2 aromatic rings. The van der Waals surface area contributed by atoms with Crippen LogP contribution in [0.4, 0.5) is 0 Å². The highest BCUT2D eigenvalue weighted by molar-refractivity contribution is 7.17. The van der Waals surface area contributed by atoms with Crippen LogP contribution in [0.3, 0.4) is 0 Å². The molecule has 2 N–H and O–H groups in total. The lowest BCUT2D eigenvalue weighted by molar-refractivity contribution is 0.350. The standard InChI is InChI=1S/C15H21NS/c1-15(2,3)9-7-13(16)12-6-4-5-11-8-10-17-14(11)12/h4-6,8,10,13H,7,9,16H2,1-3H3. The molecule has 1 heterocycles. The van der Waals surface area contributed by atoms with Crippen LogP contribution in [0.5, 0.6) is 0 Å². The molecular weight excluding hydrogens is 226 g/mol. The average molecular weight is 247 g/mol. The second-order valence-corrected chi connectivity index (χ2v) is 6.81. The summed E-state index contributed by atoms with van der Waals surface area (Å²) in [5, 5.41) is 3.46. The third-order valence-corrected chi connectivity index (χ3v) is 4.09. The highest BCUT2D eigenvalue weighted by Crippen LogP contribution is 2.32. The first-order valence-electron chi connectivity index (χ1n) is 6.19. The first-order chi connectivity index (χ1) is 7.97.